The van der Waals surface area contributed by atoms with E-state index in [4.69, 9.17) is 4.74 Å². The van der Waals surface area contributed by atoms with E-state index in [2.05, 4.69) is 5.32 Å². The van der Waals surface area contributed by atoms with E-state index < -0.39 is 0 Å². The molecule has 0 fully saturated rings. The number of ether oxygens (including phenoxy) is 1. The van der Waals surface area contributed by atoms with Crippen molar-refractivity contribution >= 4 is 11.7 Å². The number of carbonyl (C=O) groups excluding carboxylic acids is 1. The summed E-state index contributed by atoms with van der Waals surface area (Å²) in [4.78, 5) is 11.7. The van der Waals surface area contributed by atoms with Crippen molar-refractivity contribution in [1.29, 1.82) is 0 Å². The lowest BCUT2D eigenvalue weighted by Gasteiger charge is -2.05. The van der Waals surface area contributed by atoms with Gasteiger partial charge >= 0.3 is 5.97 Å². The van der Waals surface area contributed by atoms with Crippen LogP contribution >= 0.6 is 0 Å². The normalized spacial score (nSPS) is 9.71. The minimum atomic E-state index is -0.345. The van der Waals surface area contributed by atoms with Gasteiger partial charge < -0.3 is 10.1 Å². The summed E-state index contributed by atoms with van der Waals surface area (Å²) >= 11 is 0. The Bertz CT molecular complexity index is 491. The van der Waals surface area contributed by atoms with Crippen molar-refractivity contribution < 1.29 is 9.53 Å². The molecule has 0 amide bonds. The van der Waals surface area contributed by atoms with Crippen LogP contribution in [0.1, 0.15) is 10.4 Å². The molecule has 0 bridgehead atoms. The molecule has 0 atom stereocenters. The summed E-state index contributed by atoms with van der Waals surface area (Å²) in [6.07, 6.45) is 0. The highest BCUT2D eigenvalue weighted by atomic mass is 16.5. The molecule has 0 spiro atoms. The van der Waals surface area contributed by atoms with Gasteiger partial charge in [-0.2, -0.15) is 0 Å². The van der Waals surface area contributed by atoms with Crippen LogP contribution in [0.2, 0.25) is 0 Å². The molecule has 0 aromatic heterocycles. The second-order valence-electron chi connectivity index (χ2n) is 3.53. The van der Waals surface area contributed by atoms with Gasteiger partial charge in [0.05, 0.1) is 5.56 Å². The van der Waals surface area contributed by atoms with Crippen LogP contribution in [0.15, 0.2) is 54.6 Å². The average molecular weight is 227 g/mol. The van der Waals surface area contributed by atoms with Gasteiger partial charge in [0, 0.05) is 12.7 Å². The van der Waals surface area contributed by atoms with Crippen LogP contribution < -0.4 is 10.1 Å². The van der Waals surface area contributed by atoms with Crippen molar-refractivity contribution in [2.24, 2.45) is 0 Å². The molecule has 0 saturated heterocycles. The van der Waals surface area contributed by atoms with E-state index in [-0.39, 0.29) is 5.97 Å². The molecule has 3 nitrogen and oxygen atoms in total. The fourth-order valence-electron chi connectivity index (χ4n) is 1.43. The van der Waals surface area contributed by atoms with Crippen molar-refractivity contribution in [1.82, 2.24) is 0 Å². The van der Waals surface area contributed by atoms with Gasteiger partial charge in [0.2, 0.25) is 0 Å². The Balaban J connectivity index is 2.08. The van der Waals surface area contributed by atoms with Crippen LogP contribution in [0.4, 0.5) is 5.69 Å². The molecule has 0 radical (unpaired) electrons. The molecule has 0 aliphatic carbocycles. The second-order valence-corrected chi connectivity index (χ2v) is 3.53. The highest BCUT2D eigenvalue weighted by molar-refractivity contribution is 5.90. The summed E-state index contributed by atoms with van der Waals surface area (Å²) in [5.41, 5.74) is 1.52. The van der Waals surface area contributed by atoms with E-state index in [9.17, 15) is 4.79 Å². The first-order valence-corrected chi connectivity index (χ1v) is 5.34. The number of nitrogens with one attached hydrogen (secondary N) is 1. The first-order valence-electron chi connectivity index (χ1n) is 5.34. The molecular formula is C14H13NO2. The van der Waals surface area contributed by atoms with Gasteiger partial charge in [-0.3, -0.25) is 0 Å². The van der Waals surface area contributed by atoms with E-state index >= 15 is 0 Å². The summed E-state index contributed by atoms with van der Waals surface area (Å²) in [6.45, 7) is 0. The van der Waals surface area contributed by atoms with Gasteiger partial charge in [-0.1, -0.05) is 18.2 Å². The monoisotopic (exact) mass is 227 g/mol. The average Bonchev–Trinajstić information content (AvgIpc) is 2.40. The van der Waals surface area contributed by atoms with Gasteiger partial charge in [-0.25, -0.2) is 4.79 Å². The quantitative estimate of drug-likeness (QED) is 0.647. The highest BCUT2D eigenvalue weighted by Gasteiger charge is 2.06. The van der Waals surface area contributed by atoms with E-state index in [1.165, 1.54) is 0 Å². The molecule has 86 valence electrons. The number of benzene rings is 2. The van der Waals surface area contributed by atoms with E-state index in [0.29, 0.717) is 11.3 Å². The Hall–Kier alpha value is -2.29. The summed E-state index contributed by atoms with van der Waals surface area (Å²) < 4.78 is 5.23. The van der Waals surface area contributed by atoms with Crippen LogP contribution in [-0.4, -0.2) is 13.0 Å². The van der Waals surface area contributed by atoms with Crippen molar-refractivity contribution in [2.75, 3.05) is 12.4 Å². The van der Waals surface area contributed by atoms with Gasteiger partial charge in [-0.15, -0.1) is 0 Å². The number of anilines is 1. The lowest BCUT2D eigenvalue weighted by Crippen LogP contribution is -2.07. The number of hydrogen-bond acceptors (Lipinski definition) is 3. The topological polar surface area (TPSA) is 38.3 Å². The SMILES string of the molecule is CNc1ccc(OC(=O)c2ccccc2)cc1. The maximum atomic E-state index is 11.7. The Kier molecular flexibility index (Phi) is 3.40. The van der Waals surface area contributed by atoms with Crippen molar-refractivity contribution in [2.45, 2.75) is 0 Å². The summed E-state index contributed by atoms with van der Waals surface area (Å²) in [6, 6.07) is 16.1. The van der Waals surface area contributed by atoms with Gasteiger partial charge in [0.1, 0.15) is 5.75 Å². The molecule has 1 N–H and O–H groups in total. The first kappa shape index (κ1) is 11.2. The molecule has 0 aliphatic heterocycles. The fourth-order valence-corrected chi connectivity index (χ4v) is 1.43. The number of esters is 1. The molecule has 2 aromatic carbocycles. The predicted octanol–water partition coefficient (Wildman–Crippen LogP) is 2.95. The standard InChI is InChI=1S/C14H13NO2/c1-15-12-7-9-13(10-8-12)17-14(16)11-5-3-2-4-6-11/h2-10,15H,1H3. The zero-order valence-electron chi connectivity index (χ0n) is 9.51. The molecule has 0 saturated carbocycles. The second kappa shape index (κ2) is 5.16. The van der Waals surface area contributed by atoms with E-state index in [0.717, 1.165) is 5.69 Å². The van der Waals surface area contributed by atoms with Crippen molar-refractivity contribution in [3.63, 3.8) is 0 Å². The Morgan fingerprint density at radius 3 is 2.24 bits per heavy atom. The predicted molar refractivity (Wildman–Crippen MR) is 67.4 cm³/mol. The minimum absolute atomic E-state index is 0.345. The molecular weight excluding hydrogens is 214 g/mol. The maximum absolute atomic E-state index is 11.7. The van der Waals surface area contributed by atoms with Crippen LogP contribution in [0.3, 0.4) is 0 Å². The lowest BCUT2D eigenvalue weighted by molar-refractivity contribution is 0.0735. The molecule has 3 heteroatoms. The number of rotatable bonds is 3. The largest absolute Gasteiger partial charge is 0.423 e. The van der Waals surface area contributed by atoms with Gasteiger partial charge in [0.15, 0.2) is 0 Å². The van der Waals surface area contributed by atoms with Crippen LogP contribution in [0.5, 0.6) is 5.75 Å². The van der Waals surface area contributed by atoms with Crippen molar-refractivity contribution in [3.8, 4) is 5.75 Å². The van der Waals surface area contributed by atoms with Gasteiger partial charge in [0.25, 0.3) is 0 Å². The third kappa shape index (κ3) is 2.84. The zero-order valence-corrected chi connectivity index (χ0v) is 9.51. The minimum Gasteiger partial charge on any atom is -0.423 e. The summed E-state index contributed by atoms with van der Waals surface area (Å²) in [5, 5.41) is 3.00. The smallest absolute Gasteiger partial charge is 0.343 e. The molecule has 2 rings (SSSR count). The molecule has 17 heavy (non-hydrogen) atoms. The molecule has 2 aromatic rings. The lowest BCUT2D eigenvalue weighted by atomic mass is 10.2. The third-order valence-electron chi connectivity index (χ3n) is 2.36. The summed E-state index contributed by atoms with van der Waals surface area (Å²) in [7, 11) is 1.84. The molecule has 0 aliphatic rings. The zero-order chi connectivity index (χ0) is 12.1. The maximum Gasteiger partial charge on any atom is 0.343 e. The van der Waals surface area contributed by atoms with Crippen LogP contribution in [0, 0.1) is 0 Å². The van der Waals surface area contributed by atoms with E-state index in [1.54, 1.807) is 36.4 Å². The highest BCUT2D eigenvalue weighted by Crippen LogP contribution is 2.16. The fraction of sp³-hybridized carbons (Fsp3) is 0.0714. The Labute approximate surface area is 100 Å². The van der Waals surface area contributed by atoms with Crippen LogP contribution in [0.25, 0.3) is 0 Å². The number of hydrogen-bond donors (Lipinski definition) is 1. The van der Waals surface area contributed by atoms with E-state index in [1.807, 2.05) is 25.2 Å². The van der Waals surface area contributed by atoms with Crippen molar-refractivity contribution in [3.05, 3.63) is 60.2 Å². The summed E-state index contributed by atoms with van der Waals surface area (Å²) in [5.74, 6) is 0.195. The number of carbonyl (C=O) groups is 1. The third-order valence-corrected chi connectivity index (χ3v) is 2.36. The Morgan fingerprint density at radius 2 is 1.65 bits per heavy atom. The first-order chi connectivity index (χ1) is 8.29. The molecule has 0 heterocycles. The van der Waals surface area contributed by atoms with Crippen LogP contribution in [-0.2, 0) is 0 Å². The molecule has 0 unspecified atom stereocenters. The van der Waals surface area contributed by atoms with Gasteiger partial charge in [-0.05, 0) is 36.4 Å². The Morgan fingerprint density at radius 1 is 1.00 bits per heavy atom.